The predicted octanol–water partition coefficient (Wildman–Crippen LogP) is 5.48. The van der Waals surface area contributed by atoms with Crippen LogP contribution in [0.25, 0.3) is 0 Å². The molecule has 0 atom stereocenters. The van der Waals surface area contributed by atoms with Crippen LogP contribution in [0.3, 0.4) is 0 Å². The third-order valence-electron chi connectivity index (χ3n) is 3.19. The molecular formula is C18H20BrNOS. The van der Waals surface area contributed by atoms with Crippen molar-refractivity contribution < 1.29 is 4.79 Å². The van der Waals surface area contributed by atoms with E-state index < -0.39 is 0 Å². The molecule has 0 aliphatic carbocycles. The van der Waals surface area contributed by atoms with Crippen molar-refractivity contribution in [2.24, 2.45) is 0 Å². The van der Waals surface area contributed by atoms with Gasteiger partial charge in [-0.1, -0.05) is 54.9 Å². The molecule has 0 saturated heterocycles. The molecule has 2 rings (SSSR count). The van der Waals surface area contributed by atoms with Crippen LogP contribution in [0.5, 0.6) is 0 Å². The van der Waals surface area contributed by atoms with Crippen LogP contribution in [0.4, 0.5) is 5.69 Å². The van der Waals surface area contributed by atoms with Crippen molar-refractivity contribution in [3.05, 3.63) is 58.6 Å². The fourth-order valence-corrected chi connectivity index (χ4v) is 3.07. The van der Waals surface area contributed by atoms with Crippen LogP contribution in [-0.4, -0.2) is 11.7 Å². The number of para-hydroxylation sites is 1. The van der Waals surface area contributed by atoms with Gasteiger partial charge >= 0.3 is 0 Å². The molecule has 0 aliphatic rings. The summed E-state index contributed by atoms with van der Waals surface area (Å²) >= 11 is 4.94. The van der Waals surface area contributed by atoms with E-state index in [2.05, 4.69) is 48.1 Å². The van der Waals surface area contributed by atoms with Gasteiger partial charge in [0.1, 0.15) is 0 Å². The van der Waals surface area contributed by atoms with Crippen LogP contribution in [-0.2, 0) is 10.2 Å². The molecule has 2 aromatic rings. The van der Waals surface area contributed by atoms with Gasteiger partial charge in [-0.2, -0.15) is 0 Å². The van der Waals surface area contributed by atoms with Crippen LogP contribution in [0, 0.1) is 0 Å². The molecule has 22 heavy (non-hydrogen) atoms. The van der Waals surface area contributed by atoms with E-state index in [-0.39, 0.29) is 11.3 Å². The highest BCUT2D eigenvalue weighted by Crippen LogP contribution is 2.29. The van der Waals surface area contributed by atoms with Crippen molar-refractivity contribution in [3.8, 4) is 0 Å². The monoisotopic (exact) mass is 377 g/mol. The molecule has 2 aromatic carbocycles. The zero-order valence-electron chi connectivity index (χ0n) is 13.0. The summed E-state index contributed by atoms with van der Waals surface area (Å²) in [4.78, 5) is 13.3. The Hall–Kier alpha value is -1.26. The largest absolute Gasteiger partial charge is 0.325 e. The van der Waals surface area contributed by atoms with E-state index >= 15 is 0 Å². The number of anilines is 1. The zero-order valence-corrected chi connectivity index (χ0v) is 15.4. The number of halogens is 1. The van der Waals surface area contributed by atoms with Crippen LogP contribution in [0.2, 0.25) is 0 Å². The third-order valence-corrected chi connectivity index (χ3v) is 4.73. The van der Waals surface area contributed by atoms with E-state index in [1.807, 2.05) is 42.5 Å². The number of hydrogen-bond donors (Lipinski definition) is 1. The number of carbonyl (C=O) groups is 1. The lowest BCUT2D eigenvalue weighted by Crippen LogP contribution is -2.19. The molecule has 0 bridgehead atoms. The van der Waals surface area contributed by atoms with E-state index in [0.717, 1.165) is 20.6 Å². The smallest absolute Gasteiger partial charge is 0.234 e. The fourth-order valence-electron chi connectivity index (χ4n) is 2.11. The Bertz CT molecular complexity index is 647. The van der Waals surface area contributed by atoms with Crippen molar-refractivity contribution in [2.45, 2.75) is 31.1 Å². The lowest BCUT2D eigenvalue weighted by Gasteiger charge is -2.23. The van der Waals surface area contributed by atoms with Crippen LogP contribution in [0.15, 0.2) is 57.9 Å². The number of amides is 1. The van der Waals surface area contributed by atoms with Gasteiger partial charge in [0.25, 0.3) is 0 Å². The van der Waals surface area contributed by atoms with Gasteiger partial charge < -0.3 is 5.32 Å². The minimum absolute atomic E-state index is 0.00270. The molecule has 1 N–H and O–H groups in total. The lowest BCUT2D eigenvalue weighted by atomic mass is 9.86. The summed E-state index contributed by atoms with van der Waals surface area (Å²) in [5.41, 5.74) is 2.05. The number of benzene rings is 2. The average Bonchev–Trinajstić information content (AvgIpc) is 2.46. The normalized spacial score (nSPS) is 11.3. The molecule has 0 fully saturated rings. The summed E-state index contributed by atoms with van der Waals surface area (Å²) in [6, 6.07) is 16.0. The van der Waals surface area contributed by atoms with Crippen molar-refractivity contribution >= 4 is 39.3 Å². The summed E-state index contributed by atoms with van der Waals surface area (Å²) in [5, 5.41) is 3.03. The SMILES string of the molecule is CC(C)(C)c1ccccc1NC(=O)CSc1ccc(Br)cc1. The van der Waals surface area contributed by atoms with Gasteiger partial charge in [-0.25, -0.2) is 0 Å². The summed E-state index contributed by atoms with van der Waals surface area (Å²) in [5.74, 6) is 0.421. The Morgan fingerprint density at radius 2 is 1.73 bits per heavy atom. The summed E-state index contributed by atoms with van der Waals surface area (Å²) < 4.78 is 1.04. The maximum atomic E-state index is 12.2. The predicted molar refractivity (Wildman–Crippen MR) is 98.6 cm³/mol. The molecule has 0 spiro atoms. The maximum Gasteiger partial charge on any atom is 0.234 e. The van der Waals surface area contributed by atoms with Gasteiger partial charge in [0, 0.05) is 15.1 Å². The first-order chi connectivity index (χ1) is 10.4. The average molecular weight is 378 g/mol. The number of thioether (sulfide) groups is 1. The van der Waals surface area contributed by atoms with Crippen molar-refractivity contribution in [1.29, 1.82) is 0 Å². The molecule has 0 radical (unpaired) electrons. The minimum Gasteiger partial charge on any atom is -0.325 e. The second kappa shape index (κ2) is 7.34. The highest BCUT2D eigenvalue weighted by molar-refractivity contribution is 9.10. The van der Waals surface area contributed by atoms with E-state index in [1.165, 1.54) is 11.8 Å². The summed E-state index contributed by atoms with van der Waals surface area (Å²) in [7, 11) is 0. The molecule has 0 aliphatic heterocycles. The first kappa shape index (κ1) is 17.1. The molecule has 116 valence electrons. The second-order valence-electron chi connectivity index (χ2n) is 6.09. The standard InChI is InChI=1S/C18H20BrNOS/c1-18(2,3)15-6-4-5-7-16(15)20-17(21)12-22-14-10-8-13(19)9-11-14/h4-11H,12H2,1-3H3,(H,20,21). The first-order valence-corrected chi connectivity index (χ1v) is 8.92. The van der Waals surface area contributed by atoms with Crippen molar-refractivity contribution in [2.75, 3.05) is 11.1 Å². The molecule has 0 unspecified atom stereocenters. The number of carbonyl (C=O) groups excluding carboxylic acids is 1. The second-order valence-corrected chi connectivity index (χ2v) is 8.05. The van der Waals surface area contributed by atoms with Crippen LogP contribution >= 0.6 is 27.7 Å². The third kappa shape index (κ3) is 4.89. The van der Waals surface area contributed by atoms with Gasteiger partial charge in [0.05, 0.1) is 5.75 Å². The van der Waals surface area contributed by atoms with Gasteiger partial charge in [0.15, 0.2) is 0 Å². The topological polar surface area (TPSA) is 29.1 Å². The van der Waals surface area contributed by atoms with Crippen molar-refractivity contribution in [1.82, 2.24) is 0 Å². The Morgan fingerprint density at radius 3 is 2.36 bits per heavy atom. The number of rotatable bonds is 4. The molecule has 2 nitrogen and oxygen atoms in total. The van der Waals surface area contributed by atoms with Gasteiger partial charge in [-0.3, -0.25) is 4.79 Å². The fraction of sp³-hybridized carbons (Fsp3) is 0.278. The summed E-state index contributed by atoms with van der Waals surface area (Å²) in [6.07, 6.45) is 0. The van der Waals surface area contributed by atoms with Crippen LogP contribution in [0.1, 0.15) is 26.3 Å². The Kier molecular flexibility index (Phi) is 5.70. The molecule has 0 heterocycles. The maximum absolute atomic E-state index is 12.2. The molecule has 4 heteroatoms. The van der Waals surface area contributed by atoms with Gasteiger partial charge in [-0.05, 0) is 41.3 Å². The highest BCUT2D eigenvalue weighted by Gasteiger charge is 2.18. The Labute approximate surface area is 144 Å². The number of nitrogens with one attached hydrogen (secondary N) is 1. The molecule has 0 saturated carbocycles. The lowest BCUT2D eigenvalue weighted by molar-refractivity contribution is -0.113. The summed E-state index contributed by atoms with van der Waals surface area (Å²) in [6.45, 7) is 6.44. The molecule has 1 amide bonds. The van der Waals surface area contributed by atoms with E-state index in [0.29, 0.717) is 5.75 Å². The van der Waals surface area contributed by atoms with E-state index in [1.54, 1.807) is 0 Å². The van der Waals surface area contributed by atoms with E-state index in [9.17, 15) is 4.79 Å². The highest BCUT2D eigenvalue weighted by atomic mass is 79.9. The number of hydrogen-bond acceptors (Lipinski definition) is 2. The van der Waals surface area contributed by atoms with E-state index in [4.69, 9.17) is 0 Å². The Morgan fingerprint density at radius 1 is 1.09 bits per heavy atom. The van der Waals surface area contributed by atoms with Crippen molar-refractivity contribution in [3.63, 3.8) is 0 Å². The quantitative estimate of drug-likeness (QED) is 0.714. The minimum atomic E-state index is 0.00270. The Balaban J connectivity index is 1.99. The van der Waals surface area contributed by atoms with Gasteiger partial charge in [-0.15, -0.1) is 11.8 Å². The molecule has 0 aromatic heterocycles. The van der Waals surface area contributed by atoms with Gasteiger partial charge in [0.2, 0.25) is 5.91 Å². The first-order valence-electron chi connectivity index (χ1n) is 7.14. The zero-order chi connectivity index (χ0) is 16.2. The van der Waals surface area contributed by atoms with Crippen LogP contribution < -0.4 is 5.32 Å². The molecular weight excluding hydrogens is 358 g/mol.